The molecule has 2 aromatic heterocycles. The van der Waals surface area contributed by atoms with Crippen LogP contribution in [0.5, 0.6) is 0 Å². The summed E-state index contributed by atoms with van der Waals surface area (Å²) in [5.74, 6) is -0.611. The molecule has 0 bridgehead atoms. The van der Waals surface area contributed by atoms with E-state index in [0.29, 0.717) is 27.2 Å². The van der Waals surface area contributed by atoms with Gasteiger partial charge in [0.05, 0.1) is 5.39 Å². The Bertz CT molecular complexity index is 785. The van der Waals surface area contributed by atoms with E-state index in [9.17, 15) is 4.39 Å². The van der Waals surface area contributed by atoms with Crippen molar-refractivity contribution in [3.63, 3.8) is 0 Å². The second-order valence-corrected chi connectivity index (χ2v) is 4.50. The van der Waals surface area contributed by atoms with Crippen LogP contribution in [0.25, 0.3) is 22.2 Å². The van der Waals surface area contributed by atoms with Gasteiger partial charge in [0.25, 0.3) is 0 Å². The van der Waals surface area contributed by atoms with Gasteiger partial charge in [0.2, 0.25) is 11.8 Å². The smallest absolute Gasteiger partial charge is 0.214 e. The first-order chi connectivity index (χ1) is 9.06. The first-order valence-corrected chi connectivity index (χ1v) is 5.84. The minimum absolute atomic E-state index is 0.0469. The van der Waals surface area contributed by atoms with Crippen LogP contribution in [-0.4, -0.2) is 4.98 Å². The quantitative estimate of drug-likeness (QED) is 0.668. The van der Waals surface area contributed by atoms with Crippen LogP contribution < -0.4 is 11.5 Å². The number of hydrogen-bond acceptors (Lipinski definition) is 4. The Morgan fingerprint density at radius 3 is 2.74 bits per heavy atom. The Kier molecular flexibility index (Phi) is 2.57. The zero-order valence-corrected chi connectivity index (χ0v) is 10.4. The molecule has 3 rings (SSSR count). The zero-order chi connectivity index (χ0) is 13.6. The van der Waals surface area contributed by atoms with Crippen molar-refractivity contribution < 1.29 is 8.81 Å². The van der Waals surface area contributed by atoms with Gasteiger partial charge in [0.1, 0.15) is 11.4 Å². The number of pyridine rings is 1. The molecule has 0 atom stereocenters. The van der Waals surface area contributed by atoms with Crippen LogP contribution in [0.1, 0.15) is 0 Å². The maximum absolute atomic E-state index is 13.6. The molecule has 96 valence electrons. The molecule has 0 saturated heterocycles. The lowest BCUT2D eigenvalue weighted by Crippen LogP contribution is -1.91. The van der Waals surface area contributed by atoms with Crippen LogP contribution in [-0.2, 0) is 0 Å². The van der Waals surface area contributed by atoms with Gasteiger partial charge in [-0.15, -0.1) is 0 Å². The Hall–Kier alpha value is -2.27. The maximum Gasteiger partial charge on any atom is 0.214 e. The highest BCUT2D eigenvalue weighted by Gasteiger charge is 2.17. The van der Waals surface area contributed by atoms with Gasteiger partial charge in [-0.05, 0) is 12.1 Å². The lowest BCUT2D eigenvalue weighted by molar-refractivity contribution is 0.582. The Morgan fingerprint density at radius 1 is 1.21 bits per heavy atom. The highest BCUT2D eigenvalue weighted by atomic mass is 35.5. The predicted molar refractivity (Wildman–Crippen MR) is 73.2 cm³/mol. The molecule has 0 aliphatic carbocycles. The van der Waals surface area contributed by atoms with E-state index in [0.717, 1.165) is 0 Å². The monoisotopic (exact) mass is 277 g/mol. The number of furan rings is 1. The van der Waals surface area contributed by atoms with Crippen molar-refractivity contribution in [2.24, 2.45) is 0 Å². The molecule has 0 spiro atoms. The third kappa shape index (κ3) is 1.88. The van der Waals surface area contributed by atoms with Crippen LogP contribution in [0.15, 0.2) is 34.7 Å². The van der Waals surface area contributed by atoms with Gasteiger partial charge in [-0.1, -0.05) is 23.7 Å². The number of aromatic nitrogens is 1. The molecular weight excluding hydrogens is 269 g/mol. The van der Waals surface area contributed by atoms with Crippen LogP contribution in [0, 0.1) is 5.95 Å². The summed E-state index contributed by atoms with van der Waals surface area (Å²) in [5.41, 5.74) is 12.9. The molecule has 6 heteroatoms. The largest absolute Gasteiger partial charge is 0.436 e. The van der Waals surface area contributed by atoms with Gasteiger partial charge in [-0.2, -0.15) is 4.39 Å². The van der Waals surface area contributed by atoms with E-state index in [4.69, 9.17) is 27.5 Å². The summed E-state index contributed by atoms with van der Waals surface area (Å²) in [7, 11) is 0. The summed E-state index contributed by atoms with van der Waals surface area (Å²) < 4.78 is 19.0. The average molecular weight is 278 g/mol. The molecule has 0 aliphatic heterocycles. The number of rotatable bonds is 1. The molecule has 0 aliphatic rings. The summed E-state index contributed by atoms with van der Waals surface area (Å²) in [5, 5.41) is 0.921. The lowest BCUT2D eigenvalue weighted by atomic mass is 10.1. The fourth-order valence-corrected chi connectivity index (χ4v) is 2.12. The Morgan fingerprint density at radius 2 is 2.00 bits per heavy atom. The van der Waals surface area contributed by atoms with E-state index in [1.54, 1.807) is 24.3 Å². The van der Waals surface area contributed by atoms with Crippen molar-refractivity contribution in [1.29, 1.82) is 0 Å². The van der Waals surface area contributed by atoms with Gasteiger partial charge in [-0.3, -0.25) is 0 Å². The van der Waals surface area contributed by atoms with Crippen molar-refractivity contribution in [1.82, 2.24) is 4.98 Å². The predicted octanol–water partition coefficient (Wildman–Crippen LogP) is 3.45. The summed E-state index contributed by atoms with van der Waals surface area (Å²) >= 11 is 5.92. The summed E-state index contributed by atoms with van der Waals surface area (Å²) in [6, 6.07) is 8.07. The van der Waals surface area contributed by atoms with Crippen LogP contribution in [0.2, 0.25) is 5.02 Å². The van der Waals surface area contributed by atoms with Gasteiger partial charge in [-0.25, -0.2) is 4.98 Å². The third-order valence-electron chi connectivity index (χ3n) is 2.81. The first-order valence-electron chi connectivity index (χ1n) is 5.46. The number of fused-ring (bicyclic) bond motifs is 1. The number of benzene rings is 1. The van der Waals surface area contributed by atoms with Gasteiger partial charge >= 0.3 is 0 Å². The number of nitrogen functional groups attached to an aromatic ring is 2. The van der Waals surface area contributed by atoms with Crippen molar-refractivity contribution >= 4 is 34.1 Å². The first kappa shape index (κ1) is 11.8. The number of nitrogens with two attached hydrogens (primary N) is 2. The molecular formula is C13H9ClFN3O. The number of anilines is 2. The molecule has 2 heterocycles. The van der Waals surface area contributed by atoms with Crippen molar-refractivity contribution in [3.8, 4) is 11.3 Å². The minimum Gasteiger partial charge on any atom is -0.436 e. The van der Waals surface area contributed by atoms with Gasteiger partial charge in [0, 0.05) is 16.7 Å². The average Bonchev–Trinajstić information content (AvgIpc) is 2.65. The maximum atomic E-state index is 13.6. The molecule has 0 unspecified atom stereocenters. The van der Waals surface area contributed by atoms with Crippen LogP contribution >= 0.6 is 11.6 Å². The van der Waals surface area contributed by atoms with E-state index < -0.39 is 5.95 Å². The second-order valence-electron chi connectivity index (χ2n) is 4.06. The number of nitrogens with zero attached hydrogens (tertiary/aromatic N) is 1. The van der Waals surface area contributed by atoms with E-state index in [1.807, 2.05) is 0 Å². The third-order valence-corrected chi connectivity index (χ3v) is 3.04. The number of hydrogen-bond donors (Lipinski definition) is 2. The minimum atomic E-state index is -0.657. The topological polar surface area (TPSA) is 78.1 Å². The molecule has 1 aromatic carbocycles. The van der Waals surface area contributed by atoms with Crippen molar-refractivity contribution in [2.45, 2.75) is 0 Å². The lowest BCUT2D eigenvalue weighted by Gasteiger charge is -2.02. The molecule has 19 heavy (non-hydrogen) atoms. The Balaban J connectivity index is 2.37. The normalized spacial score (nSPS) is 11.1. The second kappa shape index (κ2) is 4.13. The standard InChI is InChI=1S/C13H9ClFN3O/c14-7-3-1-2-6(4-7)11-12-8(5-9(15)18-11)10(16)13(17)19-12/h1-5H,16-17H2. The van der Waals surface area contributed by atoms with E-state index in [2.05, 4.69) is 4.98 Å². The molecule has 4 N–H and O–H groups in total. The van der Waals surface area contributed by atoms with Gasteiger partial charge < -0.3 is 15.9 Å². The zero-order valence-electron chi connectivity index (χ0n) is 9.65. The molecule has 4 nitrogen and oxygen atoms in total. The molecule has 3 aromatic rings. The fourth-order valence-electron chi connectivity index (χ4n) is 1.93. The number of halogens is 2. The highest BCUT2D eigenvalue weighted by Crippen LogP contribution is 2.36. The van der Waals surface area contributed by atoms with Crippen LogP contribution in [0.4, 0.5) is 16.0 Å². The molecule has 0 fully saturated rings. The highest BCUT2D eigenvalue weighted by molar-refractivity contribution is 6.30. The van der Waals surface area contributed by atoms with E-state index >= 15 is 0 Å². The molecule has 0 amide bonds. The molecule has 0 radical (unpaired) electrons. The van der Waals surface area contributed by atoms with Crippen molar-refractivity contribution in [2.75, 3.05) is 11.5 Å². The van der Waals surface area contributed by atoms with Crippen molar-refractivity contribution in [3.05, 3.63) is 41.3 Å². The van der Waals surface area contributed by atoms with E-state index in [-0.39, 0.29) is 11.6 Å². The van der Waals surface area contributed by atoms with Crippen LogP contribution in [0.3, 0.4) is 0 Å². The summed E-state index contributed by atoms with van der Waals surface area (Å²) in [6.45, 7) is 0. The summed E-state index contributed by atoms with van der Waals surface area (Å²) in [4.78, 5) is 3.84. The Labute approximate surface area is 112 Å². The molecule has 0 saturated carbocycles. The summed E-state index contributed by atoms with van der Waals surface area (Å²) in [6.07, 6.45) is 0. The fraction of sp³-hybridized carbons (Fsp3) is 0. The van der Waals surface area contributed by atoms with E-state index in [1.165, 1.54) is 6.07 Å². The van der Waals surface area contributed by atoms with Gasteiger partial charge in [0.15, 0.2) is 5.58 Å². The SMILES string of the molecule is Nc1oc2c(-c3cccc(Cl)c3)nc(F)cc2c1N.